The summed E-state index contributed by atoms with van der Waals surface area (Å²) < 4.78 is 19.9. The molecule has 0 aliphatic carbocycles. The molecule has 204 valence electrons. The van der Waals surface area contributed by atoms with Crippen LogP contribution >= 0.6 is 39.1 Å². The normalized spacial score (nSPS) is 11.5. The Balaban J connectivity index is 1.44. The first kappa shape index (κ1) is 27.1. The molecule has 2 heterocycles. The van der Waals surface area contributed by atoms with Crippen LogP contribution in [0.1, 0.15) is 11.1 Å². The van der Waals surface area contributed by atoms with E-state index in [9.17, 15) is 4.79 Å². The highest BCUT2D eigenvalue weighted by Crippen LogP contribution is 2.32. The number of para-hydroxylation sites is 2. The second-order valence-corrected chi connectivity index (χ2v) is 10.8. The number of aromatic nitrogens is 2. The molecule has 0 unspecified atom stereocenters. The van der Waals surface area contributed by atoms with Crippen LogP contribution in [0, 0.1) is 0 Å². The lowest BCUT2D eigenvalue weighted by Crippen LogP contribution is -2.20. The molecule has 0 radical (unpaired) electrons. The minimum atomic E-state index is -0.343. The van der Waals surface area contributed by atoms with E-state index >= 15 is 0 Å². The maximum Gasteiger partial charge on any atom is 0.282 e. The monoisotopic (exact) mass is 647 g/mol. The number of benzene rings is 4. The van der Waals surface area contributed by atoms with E-state index in [1.807, 2.05) is 48.5 Å². The minimum absolute atomic E-state index is 0.204. The van der Waals surface area contributed by atoms with Gasteiger partial charge in [-0.2, -0.15) is 9.78 Å². The summed E-state index contributed by atoms with van der Waals surface area (Å²) in [5.74, 6) is 1.61. The van der Waals surface area contributed by atoms with Crippen molar-refractivity contribution < 1.29 is 13.9 Å². The third kappa shape index (κ3) is 5.46. The highest BCUT2D eigenvalue weighted by molar-refractivity contribution is 9.10. The van der Waals surface area contributed by atoms with Crippen LogP contribution in [0.4, 0.5) is 0 Å². The molecule has 0 atom stereocenters. The summed E-state index contributed by atoms with van der Waals surface area (Å²) in [6.07, 6.45) is 1.54. The minimum Gasteiger partial charge on any atom is -0.493 e. The molecule has 6 aromatic rings. The Kier molecular flexibility index (Phi) is 7.53. The predicted molar refractivity (Wildman–Crippen MR) is 166 cm³/mol. The number of rotatable bonds is 7. The molecular weight excluding hydrogens is 629 g/mol. The van der Waals surface area contributed by atoms with E-state index in [0.29, 0.717) is 49.4 Å². The van der Waals surface area contributed by atoms with Crippen LogP contribution in [0.2, 0.25) is 10.0 Å². The van der Waals surface area contributed by atoms with Crippen molar-refractivity contribution >= 4 is 67.2 Å². The van der Waals surface area contributed by atoms with E-state index in [1.54, 1.807) is 43.5 Å². The second-order valence-electron chi connectivity index (χ2n) is 9.02. The Morgan fingerprint density at radius 2 is 1.85 bits per heavy atom. The van der Waals surface area contributed by atoms with E-state index in [2.05, 4.69) is 21.0 Å². The number of hydrogen-bond acceptors (Lipinski definition) is 6. The van der Waals surface area contributed by atoms with Crippen LogP contribution in [0.3, 0.4) is 0 Å². The van der Waals surface area contributed by atoms with Crippen LogP contribution in [0.25, 0.3) is 33.5 Å². The molecule has 2 aromatic heterocycles. The predicted octanol–water partition coefficient (Wildman–Crippen LogP) is 8.35. The van der Waals surface area contributed by atoms with Crippen LogP contribution in [-0.4, -0.2) is 23.0 Å². The van der Waals surface area contributed by atoms with Crippen LogP contribution in [0.5, 0.6) is 11.5 Å². The van der Waals surface area contributed by atoms with Gasteiger partial charge in [0.25, 0.3) is 5.56 Å². The average molecular weight is 649 g/mol. The SMILES string of the molecule is COc1cccc(C=Nn2c(-c3cc4cc(Br)ccc4o3)nc3ccccc3c2=O)c1OCc1ccc(Cl)c(Cl)c1. The number of methoxy groups -OCH3 is 1. The molecule has 4 aromatic carbocycles. The number of furan rings is 1. The lowest BCUT2D eigenvalue weighted by atomic mass is 10.2. The Hall–Kier alpha value is -4.11. The molecule has 0 saturated carbocycles. The molecule has 0 aliphatic rings. The van der Waals surface area contributed by atoms with Gasteiger partial charge < -0.3 is 13.9 Å². The van der Waals surface area contributed by atoms with Crippen molar-refractivity contribution in [3.05, 3.63) is 121 Å². The fourth-order valence-electron chi connectivity index (χ4n) is 4.37. The van der Waals surface area contributed by atoms with Gasteiger partial charge in [-0.25, -0.2) is 4.98 Å². The Morgan fingerprint density at radius 3 is 2.68 bits per heavy atom. The summed E-state index contributed by atoms with van der Waals surface area (Å²) in [5, 5.41) is 6.76. The molecule has 0 saturated heterocycles. The summed E-state index contributed by atoms with van der Waals surface area (Å²) in [6, 6.07) is 25.3. The largest absolute Gasteiger partial charge is 0.493 e. The van der Waals surface area contributed by atoms with Gasteiger partial charge in [-0.3, -0.25) is 4.79 Å². The Morgan fingerprint density at radius 1 is 1.00 bits per heavy atom. The van der Waals surface area contributed by atoms with Crippen molar-refractivity contribution in [2.45, 2.75) is 6.61 Å². The molecule has 7 nitrogen and oxygen atoms in total. The molecular formula is C31H20BrCl2N3O4. The van der Waals surface area contributed by atoms with Crippen molar-refractivity contribution in [3.63, 3.8) is 0 Å². The average Bonchev–Trinajstić information content (AvgIpc) is 3.40. The summed E-state index contributed by atoms with van der Waals surface area (Å²) >= 11 is 15.7. The van der Waals surface area contributed by atoms with Crippen molar-refractivity contribution in [1.82, 2.24) is 9.66 Å². The standard InChI is InChI=1S/C31H20BrCl2N3O4/c1-39-27-8-4-5-19(29(27)40-17-18-9-11-23(33)24(34)13-18)16-35-37-30(36-25-7-3-2-6-22(25)31(37)38)28-15-20-14-21(32)10-12-26(20)41-28/h2-16H,17H2,1H3. The quantitative estimate of drug-likeness (QED) is 0.163. The molecule has 6 rings (SSSR count). The van der Waals surface area contributed by atoms with Crippen molar-refractivity contribution in [2.75, 3.05) is 7.11 Å². The fraction of sp³-hybridized carbons (Fsp3) is 0.0645. The van der Waals surface area contributed by atoms with E-state index in [1.165, 1.54) is 10.9 Å². The maximum absolute atomic E-state index is 13.7. The number of halogens is 3. The Bertz CT molecular complexity index is 2020. The highest BCUT2D eigenvalue weighted by Gasteiger charge is 2.17. The molecule has 0 aliphatic heterocycles. The van der Waals surface area contributed by atoms with E-state index in [-0.39, 0.29) is 18.0 Å². The van der Waals surface area contributed by atoms with Crippen LogP contribution in [0.15, 0.2) is 104 Å². The zero-order chi connectivity index (χ0) is 28.5. The zero-order valence-electron chi connectivity index (χ0n) is 21.5. The van der Waals surface area contributed by atoms with Gasteiger partial charge in [0.05, 0.1) is 34.3 Å². The van der Waals surface area contributed by atoms with Gasteiger partial charge >= 0.3 is 0 Å². The summed E-state index contributed by atoms with van der Waals surface area (Å²) in [4.78, 5) is 18.4. The van der Waals surface area contributed by atoms with Gasteiger partial charge in [-0.05, 0) is 66.2 Å². The van der Waals surface area contributed by atoms with E-state index < -0.39 is 0 Å². The molecule has 0 spiro atoms. The fourth-order valence-corrected chi connectivity index (χ4v) is 5.07. The first-order valence-electron chi connectivity index (χ1n) is 12.4. The molecule has 0 N–H and O–H groups in total. The topological polar surface area (TPSA) is 78.9 Å². The van der Waals surface area contributed by atoms with Crippen molar-refractivity contribution in [2.24, 2.45) is 5.10 Å². The molecule has 41 heavy (non-hydrogen) atoms. The summed E-state index contributed by atoms with van der Waals surface area (Å²) in [5.41, 5.74) is 2.26. The molecule has 10 heteroatoms. The number of nitrogens with zero attached hydrogens (tertiary/aromatic N) is 3. The van der Waals surface area contributed by atoms with Crippen LogP contribution < -0.4 is 15.0 Å². The maximum atomic E-state index is 13.7. The van der Waals surface area contributed by atoms with E-state index in [4.69, 9.17) is 42.1 Å². The van der Waals surface area contributed by atoms with Gasteiger partial charge in [-0.15, -0.1) is 0 Å². The van der Waals surface area contributed by atoms with Crippen LogP contribution in [-0.2, 0) is 6.61 Å². The van der Waals surface area contributed by atoms with Crippen molar-refractivity contribution in [1.29, 1.82) is 0 Å². The smallest absolute Gasteiger partial charge is 0.282 e. The second kappa shape index (κ2) is 11.4. The highest BCUT2D eigenvalue weighted by atomic mass is 79.9. The third-order valence-electron chi connectivity index (χ3n) is 6.36. The molecule has 0 bridgehead atoms. The number of fused-ring (bicyclic) bond motifs is 2. The van der Waals surface area contributed by atoms with Gasteiger partial charge in [0.15, 0.2) is 17.3 Å². The van der Waals surface area contributed by atoms with Gasteiger partial charge in [-0.1, -0.05) is 63.4 Å². The van der Waals surface area contributed by atoms with Gasteiger partial charge in [0.1, 0.15) is 12.2 Å². The zero-order valence-corrected chi connectivity index (χ0v) is 24.6. The number of ether oxygens (including phenoxy) is 2. The molecule has 0 amide bonds. The first-order chi connectivity index (χ1) is 19.9. The van der Waals surface area contributed by atoms with Gasteiger partial charge in [0, 0.05) is 15.4 Å². The van der Waals surface area contributed by atoms with E-state index in [0.717, 1.165) is 15.4 Å². The Labute approximate surface area is 252 Å². The third-order valence-corrected chi connectivity index (χ3v) is 7.59. The van der Waals surface area contributed by atoms with Gasteiger partial charge in [0.2, 0.25) is 5.82 Å². The molecule has 0 fully saturated rings. The summed E-state index contributed by atoms with van der Waals surface area (Å²) in [6.45, 7) is 0.204. The lowest BCUT2D eigenvalue weighted by Gasteiger charge is -2.14. The summed E-state index contributed by atoms with van der Waals surface area (Å²) in [7, 11) is 1.55. The lowest BCUT2D eigenvalue weighted by molar-refractivity contribution is 0.284. The first-order valence-corrected chi connectivity index (χ1v) is 14.0. The van der Waals surface area contributed by atoms with Crippen molar-refractivity contribution in [3.8, 4) is 23.1 Å². The number of hydrogen-bond donors (Lipinski definition) is 0.